The van der Waals surface area contributed by atoms with Gasteiger partial charge < -0.3 is 5.73 Å². The second-order valence-electron chi connectivity index (χ2n) is 5.52. The quantitative estimate of drug-likeness (QED) is 0.863. The molecule has 1 saturated carbocycles. The van der Waals surface area contributed by atoms with Crippen molar-refractivity contribution in [3.05, 3.63) is 0 Å². The molecule has 0 aromatic rings. The maximum absolute atomic E-state index is 12.2. The van der Waals surface area contributed by atoms with Crippen LogP contribution in [0.25, 0.3) is 0 Å². The standard InChI is InChI=1S/C12H24N2O2S.ClH/c13-12-6-8-14(9-7-12)17(15,16)10-11-4-2-1-3-5-11;/h11-12H,1-10,13H2;1H. The van der Waals surface area contributed by atoms with Gasteiger partial charge in [0.25, 0.3) is 0 Å². The Kier molecular flexibility index (Phi) is 6.38. The molecule has 0 aromatic carbocycles. The zero-order valence-corrected chi connectivity index (χ0v) is 12.5. The van der Waals surface area contributed by atoms with Crippen LogP contribution in [-0.4, -0.2) is 37.6 Å². The lowest BCUT2D eigenvalue weighted by atomic mass is 9.91. The molecule has 2 rings (SSSR count). The van der Waals surface area contributed by atoms with Crippen LogP contribution >= 0.6 is 12.4 Å². The van der Waals surface area contributed by atoms with E-state index in [1.54, 1.807) is 4.31 Å². The van der Waals surface area contributed by atoms with Crippen LogP contribution in [0.2, 0.25) is 0 Å². The molecule has 0 unspecified atom stereocenters. The first-order chi connectivity index (χ1) is 8.08. The Balaban J connectivity index is 0.00000162. The number of rotatable bonds is 3. The molecule has 1 heterocycles. The Bertz CT molecular complexity index is 334. The second kappa shape index (κ2) is 7.08. The van der Waals surface area contributed by atoms with Gasteiger partial charge in [-0.15, -0.1) is 12.4 Å². The van der Waals surface area contributed by atoms with E-state index in [2.05, 4.69) is 0 Å². The van der Waals surface area contributed by atoms with Crippen LogP contribution in [0.1, 0.15) is 44.9 Å². The normalized spacial score (nSPS) is 24.7. The first-order valence-electron chi connectivity index (χ1n) is 6.81. The summed E-state index contributed by atoms with van der Waals surface area (Å²) in [5, 5.41) is 0. The predicted molar refractivity (Wildman–Crippen MR) is 76.4 cm³/mol. The molecule has 6 heteroatoms. The zero-order chi connectivity index (χ0) is 12.3. The van der Waals surface area contributed by atoms with Crippen molar-refractivity contribution in [3.63, 3.8) is 0 Å². The van der Waals surface area contributed by atoms with E-state index >= 15 is 0 Å². The van der Waals surface area contributed by atoms with E-state index in [1.807, 2.05) is 0 Å². The first-order valence-corrected chi connectivity index (χ1v) is 8.42. The molecule has 0 atom stereocenters. The number of piperidine rings is 1. The highest BCUT2D eigenvalue weighted by molar-refractivity contribution is 7.89. The lowest BCUT2D eigenvalue weighted by Gasteiger charge is -2.31. The Morgan fingerprint density at radius 2 is 1.56 bits per heavy atom. The van der Waals surface area contributed by atoms with Gasteiger partial charge in [0, 0.05) is 19.1 Å². The summed E-state index contributed by atoms with van der Waals surface area (Å²) in [5.74, 6) is 0.756. The molecule has 18 heavy (non-hydrogen) atoms. The van der Waals surface area contributed by atoms with Gasteiger partial charge in [-0.05, 0) is 31.6 Å². The van der Waals surface area contributed by atoms with E-state index in [4.69, 9.17) is 5.73 Å². The Morgan fingerprint density at radius 3 is 2.11 bits per heavy atom. The van der Waals surface area contributed by atoms with Crippen molar-refractivity contribution in [3.8, 4) is 0 Å². The molecule has 0 bridgehead atoms. The van der Waals surface area contributed by atoms with Gasteiger partial charge in [0.15, 0.2) is 0 Å². The summed E-state index contributed by atoms with van der Waals surface area (Å²) in [6, 6.07) is 0.191. The fourth-order valence-corrected chi connectivity index (χ4v) is 4.82. The van der Waals surface area contributed by atoms with Crippen molar-refractivity contribution in [2.75, 3.05) is 18.8 Å². The second-order valence-corrected chi connectivity index (χ2v) is 7.53. The van der Waals surface area contributed by atoms with Gasteiger partial charge in [-0.3, -0.25) is 0 Å². The van der Waals surface area contributed by atoms with Crippen LogP contribution < -0.4 is 5.73 Å². The molecular weight excluding hydrogens is 272 g/mol. The highest BCUT2D eigenvalue weighted by Crippen LogP contribution is 2.26. The number of nitrogens with two attached hydrogens (primary N) is 1. The molecule has 1 saturated heterocycles. The van der Waals surface area contributed by atoms with E-state index < -0.39 is 10.0 Å². The van der Waals surface area contributed by atoms with Crippen molar-refractivity contribution in [1.82, 2.24) is 4.31 Å². The van der Waals surface area contributed by atoms with Crippen LogP contribution in [-0.2, 0) is 10.0 Å². The van der Waals surface area contributed by atoms with Crippen molar-refractivity contribution in [2.45, 2.75) is 51.0 Å². The summed E-state index contributed by atoms with van der Waals surface area (Å²) in [6.45, 7) is 1.24. The lowest BCUT2D eigenvalue weighted by Crippen LogP contribution is -2.44. The molecule has 0 amide bonds. The smallest absolute Gasteiger partial charge is 0.214 e. The molecule has 0 radical (unpaired) electrons. The summed E-state index contributed by atoms with van der Waals surface area (Å²) >= 11 is 0. The average Bonchev–Trinajstić information content (AvgIpc) is 2.30. The molecule has 1 aliphatic carbocycles. The highest BCUT2D eigenvalue weighted by Gasteiger charge is 2.29. The number of sulfonamides is 1. The largest absolute Gasteiger partial charge is 0.328 e. The summed E-state index contributed by atoms with van der Waals surface area (Å²) in [4.78, 5) is 0. The Hall–Kier alpha value is 0.160. The van der Waals surface area contributed by atoms with Crippen LogP contribution in [0.15, 0.2) is 0 Å². The van der Waals surface area contributed by atoms with E-state index in [0.29, 0.717) is 24.8 Å². The molecule has 0 spiro atoms. The van der Waals surface area contributed by atoms with E-state index in [9.17, 15) is 8.42 Å². The highest BCUT2D eigenvalue weighted by atomic mass is 35.5. The molecule has 108 valence electrons. The predicted octanol–water partition coefficient (Wildman–Crippen LogP) is 1.74. The average molecular weight is 297 g/mol. The first kappa shape index (κ1) is 16.2. The number of nitrogens with zero attached hydrogens (tertiary/aromatic N) is 1. The lowest BCUT2D eigenvalue weighted by molar-refractivity contribution is 0.312. The van der Waals surface area contributed by atoms with E-state index in [-0.39, 0.29) is 18.4 Å². The monoisotopic (exact) mass is 296 g/mol. The van der Waals surface area contributed by atoms with Gasteiger partial charge in [0.05, 0.1) is 5.75 Å². The topological polar surface area (TPSA) is 63.4 Å². The minimum absolute atomic E-state index is 0. The third kappa shape index (κ3) is 4.37. The Labute approximate surface area is 117 Å². The van der Waals surface area contributed by atoms with Gasteiger partial charge >= 0.3 is 0 Å². The van der Waals surface area contributed by atoms with E-state index in [1.165, 1.54) is 19.3 Å². The van der Waals surface area contributed by atoms with E-state index in [0.717, 1.165) is 25.7 Å². The van der Waals surface area contributed by atoms with Crippen molar-refractivity contribution in [1.29, 1.82) is 0 Å². The minimum Gasteiger partial charge on any atom is -0.328 e. The third-order valence-corrected chi connectivity index (χ3v) is 6.11. The van der Waals surface area contributed by atoms with Gasteiger partial charge in [-0.1, -0.05) is 19.3 Å². The van der Waals surface area contributed by atoms with Gasteiger partial charge in [-0.2, -0.15) is 0 Å². The van der Waals surface area contributed by atoms with Crippen LogP contribution in [0.4, 0.5) is 0 Å². The maximum Gasteiger partial charge on any atom is 0.214 e. The summed E-state index contributed by atoms with van der Waals surface area (Å²) in [7, 11) is -3.03. The summed E-state index contributed by atoms with van der Waals surface area (Å²) < 4.78 is 26.1. The van der Waals surface area contributed by atoms with Gasteiger partial charge in [-0.25, -0.2) is 12.7 Å². The van der Waals surface area contributed by atoms with Gasteiger partial charge in [0.1, 0.15) is 0 Å². The molecule has 1 aliphatic heterocycles. The van der Waals surface area contributed by atoms with Crippen molar-refractivity contribution in [2.24, 2.45) is 11.7 Å². The van der Waals surface area contributed by atoms with Crippen LogP contribution in [0, 0.1) is 5.92 Å². The SMILES string of the molecule is Cl.NC1CCN(S(=O)(=O)CC2CCCCC2)CC1. The fourth-order valence-electron chi connectivity index (χ4n) is 2.91. The summed E-state index contributed by atoms with van der Waals surface area (Å²) in [5.41, 5.74) is 5.80. The Morgan fingerprint density at radius 1 is 1.00 bits per heavy atom. The summed E-state index contributed by atoms with van der Waals surface area (Å²) in [6.07, 6.45) is 7.47. The maximum atomic E-state index is 12.2. The molecule has 4 nitrogen and oxygen atoms in total. The van der Waals surface area contributed by atoms with Crippen molar-refractivity contribution < 1.29 is 8.42 Å². The van der Waals surface area contributed by atoms with Gasteiger partial charge in [0.2, 0.25) is 10.0 Å². The molecule has 0 aromatic heterocycles. The van der Waals surface area contributed by atoms with Crippen LogP contribution in [0.3, 0.4) is 0 Å². The zero-order valence-electron chi connectivity index (χ0n) is 10.9. The number of hydrogen-bond acceptors (Lipinski definition) is 3. The molecule has 2 aliphatic rings. The fraction of sp³-hybridized carbons (Fsp3) is 1.00. The minimum atomic E-state index is -3.03. The van der Waals surface area contributed by atoms with Crippen LogP contribution in [0.5, 0.6) is 0 Å². The third-order valence-electron chi connectivity index (χ3n) is 4.06. The molecule has 2 N–H and O–H groups in total. The molecule has 2 fully saturated rings. The number of halogens is 1. The molecular formula is C12H25ClN2O2S. The number of hydrogen-bond donors (Lipinski definition) is 1. The van der Waals surface area contributed by atoms with Crippen molar-refractivity contribution >= 4 is 22.4 Å².